The molecule has 0 unspecified atom stereocenters. The number of carbonyl (C=O) groups excluding carboxylic acids is 1. The predicted molar refractivity (Wildman–Crippen MR) is 103 cm³/mol. The molecule has 0 spiro atoms. The van der Waals surface area contributed by atoms with E-state index in [0.29, 0.717) is 25.2 Å². The Morgan fingerprint density at radius 3 is 2.81 bits per heavy atom. The van der Waals surface area contributed by atoms with Crippen LogP contribution in [-0.2, 0) is 0 Å². The number of nitrogens with zero attached hydrogens (tertiary/aromatic N) is 3. The molecule has 1 aliphatic heterocycles. The zero-order chi connectivity index (χ0) is 19.6. The van der Waals surface area contributed by atoms with Crippen molar-refractivity contribution in [1.82, 2.24) is 9.88 Å². The number of rotatable bonds is 3. The molecule has 2 heterocycles. The van der Waals surface area contributed by atoms with Crippen LogP contribution in [0.3, 0.4) is 0 Å². The topological polar surface area (TPSA) is 73.7 Å². The summed E-state index contributed by atoms with van der Waals surface area (Å²) in [6.07, 6.45) is 1.86. The van der Waals surface area contributed by atoms with E-state index in [4.69, 9.17) is 0 Å². The number of benzene rings is 1. The molecule has 1 aromatic heterocycles. The third-order valence-electron chi connectivity index (χ3n) is 4.63. The fraction of sp³-hybridized carbons (Fsp3) is 0.316. The number of likely N-dealkylation sites (tertiary alicyclic amines) is 1. The van der Waals surface area contributed by atoms with Gasteiger partial charge in [-0.1, -0.05) is 6.07 Å². The molecule has 1 saturated heterocycles. The lowest BCUT2D eigenvalue weighted by molar-refractivity contribution is 0.0941. The van der Waals surface area contributed by atoms with Crippen LogP contribution in [0.15, 0.2) is 41.0 Å². The Hall–Kier alpha value is -2.48. The van der Waals surface area contributed by atoms with E-state index in [2.05, 4.69) is 20.9 Å². The number of halogens is 2. The standard InChI is InChI=1S/C19H19BrFN3O3/c1-12-4-2-8-22-17(12)24(14-5-3-9-23(11-14)19(26)27)18(25)13-6-7-15(20)16(21)10-13/h2,4,6-8,10,14H,3,5,9,11H2,1H3,(H,26,27)/t14-/m1/s1. The summed E-state index contributed by atoms with van der Waals surface area (Å²) in [6, 6.07) is 7.43. The molecule has 0 aliphatic carbocycles. The number of aromatic nitrogens is 1. The van der Waals surface area contributed by atoms with E-state index in [1.165, 1.54) is 21.9 Å². The Morgan fingerprint density at radius 1 is 1.37 bits per heavy atom. The van der Waals surface area contributed by atoms with Crippen molar-refractivity contribution < 1.29 is 19.1 Å². The number of amides is 2. The summed E-state index contributed by atoms with van der Waals surface area (Å²) < 4.78 is 14.2. The molecule has 0 bridgehead atoms. The Labute approximate surface area is 164 Å². The maximum atomic E-state index is 14.0. The quantitative estimate of drug-likeness (QED) is 0.787. The van der Waals surface area contributed by atoms with Crippen molar-refractivity contribution in [1.29, 1.82) is 0 Å². The van der Waals surface area contributed by atoms with Crippen LogP contribution < -0.4 is 4.90 Å². The number of anilines is 1. The molecule has 1 aliphatic rings. The lowest BCUT2D eigenvalue weighted by Crippen LogP contribution is -2.52. The van der Waals surface area contributed by atoms with Gasteiger partial charge in [0, 0.05) is 24.8 Å². The highest BCUT2D eigenvalue weighted by molar-refractivity contribution is 9.10. The molecule has 1 N–H and O–H groups in total. The van der Waals surface area contributed by atoms with Crippen molar-refractivity contribution in [2.45, 2.75) is 25.8 Å². The van der Waals surface area contributed by atoms with Gasteiger partial charge in [0.15, 0.2) is 0 Å². The molecule has 2 amide bonds. The molecule has 6 nitrogen and oxygen atoms in total. The Bertz CT molecular complexity index is 877. The fourth-order valence-corrected chi connectivity index (χ4v) is 3.52. The van der Waals surface area contributed by atoms with E-state index in [1.807, 2.05) is 13.0 Å². The van der Waals surface area contributed by atoms with E-state index in [1.54, 1.807) is 18.3 Å². The molecule has 3 rings (SSSR count). The minimum absolute atomic E-state index is 0.188. The number of hydrogen-bond donors (Lipinski definition) is 1. The minimum atomic E-state index is -1.01. The van der Waals surface area contributed by atoms with Crippen LogP contribution in [0, 0.1) is 12.7 Å². The Morgan fingerprint density at radius 2 is 2.15 bits per heavy atom. The molecule has 1 fully saturated rings. The molecule has 142 valence electrons. The number of hydrogen-bond acceptors (Lipinski definition) is 3. The first-order valence-corrected chi connectivity index (χ1v) is 9.36. The maximum absolute atomic E-state index is 14.0. The lowest BCUT2D eigenvalue weighted by Gasteiger charge is -2.38. The first-order valence-electron chi connectivity index (χ1n) is 8.56. The van der Waals surface area contributed by atoms with Crippen molar-refractivity contribution in [3.63, 3.8) is 0 Å². The largest absolute Gasteiger partial charge is 0.465 e. The molecular weight excluding hydrogens is 417 g/mol. The lowest BCUT2D eigenvalue weighted by atomic mass is 10.0. The average Bonchev–Trinajstić information content (AvgIpc) is 2.66. The molecular formula is C19H19BrFN3O3. The van der Waals surface area contributed by atoms with Crippen molar-refractivity contribution in [2.24, 2.45) is 0 Å². The van der Waals surface area contributed by atoms with Crippen LogP contribution in [0.25, 0.3) is 0 Å². The summed E-state index contributed by atoms with van der Waals surface area (Å²) in [6.45, 7) is 2.46. The molecule has 1 atom stereocenters. The summed E-state index contributed by atoms with van der Waals surface area (Å²) in [7, 11) is 0. The van der Waals surface area contributed by atoms with E-state index in [9.17, 15) is 19.1 Å². The number of piperidine rings is 1. The van der Waals surface area contributed by atoms with Gasteiger partial charge in [0.25, 0.3) is 5.91 Å². The van der Waals surface area contributed by atoms with Gasteiger partial charge < -0.3 is 10.0 Å². The summed E-state index contributed by atoms with van der Waals surface area (Å²) in [5.74, 6) is -0.474. The Kier molecular flexibility index (Phi) is 5.74. The number of carbonyl (C=O) groups is 2. The van der Waals surface area contributed by atoms with Crippen molar-refractivity contribution in [2.75, 3.05) is 18.0 Å². The van der Waals surface area contributed by atoms with Crippen molar-refractivity contribution in [3.05, 3.63) is 57.9 Å². The molecule has 0 saturated carbocycles. The smallest absolute Gasteiger partial charge is 0.407 e. The van der Waals surface area contributed by atoms with Crippen LogP contribution in [0.5, 0.6) is 0 Å². The summed E-state index contributed by atoms with van der Waals surface area (Å²) >= 11 is 3.09. The second kappa shape index (κ2) is 8.04. The van der Waals surface area contributed by atoms with Gasteiger partial charge in [0.1, 0.15) is 11.6 Å². The van der Waals surface area contributed by atoms with Crippen LogP contribution in [-0.4, -0.2) is 46.1 Å². The molecule has 2 aromatic rings. The monoisotopic (exact) mass is 435 g/mol. The minimum Gasteiger partial charge on any atom is -0.465 e. The highest BCUT2D eigenvalue weighted by Crippen LogP contribution is 2.27. The molecule has 27 heavy (non-hydrogen) atoms. The normalized spacial score (nSPS) is 16.9. The van der Waals surface area contributed by atoms with Crippen LogP contribution in [0.4, 0.5) is 15.0 Å². The van der Waals surface area contributed by atoms with Gasteiger partial charge in [-0.15, -0.1) is 0 Å². The van der Waals surface area contributed by atoms with Gasteiger partial charge >= 0.3 is 6.09 Å². The van der Waals surface area contributed by atoms with E-state index >= 15 is 0 Å². The number of pyridine rings is 1. The summed E-state index contributed by atoms with van der Waals surface area (Å²) in [5.41, 5.74) is 0.976. The van der Waals surface area contributed by atoms with E-state index in [0.717, 1.165) is 5.56 Å². The van der Waals surface area contributed by atoms with E-state index in [-0.39, 0.29) is 22.6 Å². The van der Waals surface area contributed by atoms with Gasteiger partial charge in [0.05, 0.1) is 10.5 Å². The van der Waals surface area contributed by atoms with Crippen molar-refractivity contribution >= 4 is 33.7 Å². The van der Waals surface area contributed by atoms with E-state index < -0.39 is 17.8 Å². The van der Waals surface area contributed by atoms with Crippen LogP contribution in [0.2, 0.25) is 0 Å². The summed E-state index contributed by atoms with van der Waals surface area (Å²) in [5, 5.41) is 9.34. The number of aryl methyl sites for hydroxylation is 1. The van der Waals surface area contributed by atoms with Gasteiger partial charge in [-0.2, -0.15) is 0 Å². The molecule has 8 heteroatoms. The number of carboxylic acid groups (broad SMARTS) is 1. The maximum Gasteiger partial charge on any atom is 0.407 e. The highest BCUT2D eigenvalue weighted by atomic mass is 79.9. The van der Waals surface area contributed by atoms with Gasteiger partial charge in [-0.05, 0) is 65.5 Å². The van der Waals surface area contributed by atoms with Gasteiger partial charge in [-0.3, -0.25) is 9.69 Å². The third-order valence-corrected chi connectivity index (χ3v) is 5.27. The third kappa shape index (κ3) is 4.10. The highest BCUT2D eigenvalue weighted by Gasteiger charge is 2.33. The Balaban J connectivity index is 2.02. The SMILES string of the molecule is Cc1cccnc1N(C(=O)c1ccc(Br)c(F)c1)[C@@H]1CCCN(C(=O)O)C1. The van der Waals surface area contributed by atoms with Crippen LogP contribution >= 0.6 is 15.9 Å². The second-order valence-electron chi connectivity index (χ2n) is 6.47. The summed E-state index contributed by atoms with van der Waals surface area (Å²) in [4.78, 5) is 31.8. The average molecular weight is 436 g/mol. The van der Waals surface area contributed by atoms with Crippen molar-refractivity contribution in [3.8, 4) is 0 Å². The zero-order valence-electron chi connectivity index (χ0n) is 14.7. The van der Waals surface area contributed by atoms with Gasteiger partial charge in [-0.25, -0.2) is 14.2 Å². The predicted octanol–water partition coefficient (Wildman–Crippen LogP) is 4.08. The zero-order valence-corrected chi connectivity index (χ0v) is 16.3. The second-order valence-corrected chi connectivity index (χ2v) is 7.33. The first-order chi connectivity index (χ1) is 12.9. The first kappa shape index (κ1) is 19.3. The van der Waals surface area contributed by atoms with Crippen LogP contribution in [0.1, 0.15) is 28.8 Å². The molecule has 0 radical (unpaired) electrons. The fourth-order valence-electron chi connectivity index (χ4n) is 3.27. The molecule has 1 aromatic carbocycles. The van der Waals surface area contributed by atoms with Gasteiger partial charge in [0.2, 0.25) is 0 Å².